The van der Waals surface area contributed by atoms with Crippen molar-refractivity contribution in [3.8, 4) is 0 Å². The molecule has 0 amide bonds. The Kier molecular flexibility index (Phi) is 6.00. The van der Waals surface area contributed by atoms with E-state index in [1.54, 1.807) is 22.6 Å². The zero-order valence-electron chi connectivity index (χ0n) is 20.5. The van der Waals surface area contributed by atoms with Gasteiger partial charge in [-0.15, -0.1) is 10.2 Å². The Morgan fingerprint density at radius 2 is 1.67 bits per heavy atom. The van der Waals surface area contributed by atoms with Gasteiger partial charge in [0.1, 0.15) is 17.5 Å². The lowest BCUT2D eigenvalue weighted by Gasteiger charge is -2.14. The molecule has 0 spiro atoms. The molecular weight excluding hydrogens is 550 g/mol. The van der Waals surface area contributed by atoms with Gasteiger partial charge >= 0.3 is 0 Å². The minimum Gasteiger partial charge on any atom is -0.274 e. The van der Waals surface area contributed by atoms with Crippen molar-refractivity contribution in [3.63, 3.8) is 0 Å². The third kappa shape index (κ3) is 4.28. The summed E-state index contributed by atoms with van der Waals surface area (Å²) in [7, 11) is -8.36. The van der Waals surface area contributed by atoms with Crippen LogP contribution in [-0.2, 0) is 20.0 Å². The van der Waals surface area contributed by atoms with Crippen LogP contribution in [0, 0.1) is 18.6 Å². The lowest BCUT2D eigenvalue weighted by Crippen LogP contribution is -2.34. The maximum atomic E-state index is 14.1. The van der Waals surface area contributed by atoms with Crippen LogP contribution in [0.5, 0.6) is 0 Å². The third-order valence-corrected chi connectivity index (χ3v) is 10.2. The van der Waals surface area contributed by atoms with E-state index in [0.29, 0.717) is 36.3 Å². The van der Waals surface area contributed by atoms with Crippen molar-refractivity contribution >= 4 is 36.9 Å². The summed E-state index contributed by atoms with van der Waals surface area (Å²) in [5.74, 6) is -2.07. The molecule has 3 heterocycles. The van der Waals surface area contributed by atoms with Crippen LogP contribution in [0.2, 0.25) is 0 Å². The van der Waals surface area contributed by atoms with Crippen molar-refractivity contribution in [2.24, 2.45) is 0 Å². The van der Waals surface area contributed by atoms with Crippen LogP contribution in [-0.4, -0.2) is 46.4 Å². The predicted octanol–water partition coefficient (Wildman–Crippen LogP) is 3.52. The van der Waals surface area contributed by atoms with Gasteiger partial charge in [-0.25, -0.2) is 39.3 Å². The maximum absolute atomic E-state index is 14.1. The molecule has 1 fully saturated rings. The number of hydrogen-bond donors (Lipinski definition) is 1. The number of aryl methyl sites for hydroxylation is 1. The molecule has 0 unspecified atom stereocenters. The van der Waals surface area contributed by atoms with Crippen molar-refractivity contribution in [2.75, 3.05) is 0 Å². The Bertz CT molecular complexity index is 1930. The van der Waals surface area contributed by atoms with E-state index in [1.165, 1.54) is 24.5 Å². The van der Waals surface area contributed by atoms with Crippen LogP contribution in [0.3, 0.4) is 0 Å². The first kappa shape index (κ1) is 25.5. The number of rotatable bonds is 6. The van der Waals surface area contributed by atoms with Crippen molar-refractivity contribution in [2.45, 2.75) is 47.9 Å². The number of nitrogens with zero attached hydrogens (tertiary/aromatic N) is 5. The second-order valence-corrected chi connectivity index (χ2v) is 13.0. The molecule has 0 aliphatic heterocycles. The summed E-state index contributed by atoms with van der Waals surface area (Å²) >= 11 is 0. The van der Waals surface area contributed by atoms with Crippen molar-refractivity contribution in [3.05, 3.63) is 83.9 Å². The second-order valence-electron chi connectivity index (χ2n) is 9.53. The van der Waals surface area contributed by atoms with Crippen molar-refractivity contribution in [1.82, 2.24) is 28.3 Å². The first-order chi connectivity index (χ1) is 18.6. The van der Waals surface area contributed by atoms with Gasteiger partial charge in [0.2, 0.25) is 10.0 Å². The second kappa shape index (κ2) is 9.17. The molecule has 0 saturated heterocycles. The molecule has 1 aliphatic rings. The molecule has 202 valence electrons. The molecular formula is C25H22F2N6O4S2. The molecule has 2 atom stereocenters. The molecule has 39 heavy (non-hydrogen) atoms. The Labute approximate surface area is 222 Å². The Hall–Kier alpha value is -3.75. The lowest BCUT2D eigenvalue weighted by molar-refractivity contribution is 0.503. The molecule has 10 nitrogen and oxygen atoms in total. The number of halogens is 2. The van der Waals surface area contributed by atoms with E-state index in [-0.39, 0.29) is 16.5 Å². The topological polar surface area (TPSA) is 128 Å². The van der Waals surface area contributed by atoms with Gasteiger partial charge in [0.05, 0.1) is 16.6 Å². The van der Waals surface area contributed by atoms with Crippen LogP contribution in [0.25, 0.3) is 16.8 Å². The summed E-state index contributed by atoms with van der Waals surface area (Å²) in [6.07, 6.45) is 4.09. The minimum absolute atomic E-state index is 0.119. The average molecular weight is 573 g/mol. The zero-order chi connectivity index (χ0) is 27.5. The summed E-state index contributed by atoms with van der Waals surface area (Å²) in [4.78, 5) is 3.44. The highest BCUT2D eigenvalue weighted by atomic mass is 32.2. The third-order valence-electron chi connectivity index (χ3n) is 6.95. The molecule has 3 aromatic heterocycles. The van der Waals surface area contributed by atoms with Crippen molar-refractivity contribution in [1.29, 1.82) is 0 Å². The maximum Gasteiger partial charge on any atom is 0.269 e. The predicted molar refractivity (Wildman–Crippen MR) is 137 cm³/mol. The number of hydrogen-bond acceptors (Lipinski definition) is 7. The number of aromatic nitrogens is 5. The molecule has 0 bridgehead atoms. The number of sulfonamides is 1. The molecule has 0 radical (unpaired) electrons. The van der Waals surface area contributed by atoms with E-state index < -0.39 is 42.6 Å². The van der Waals surface area contributed by atoms with Gasteiger partial charge in [0.25, 0.3) is 10.0 Å². The molecule has 14 heteroatoms. The quantitative estimate of drug-likeness (QED) is 0.330. The Balaban J connectivity index is 1.33. The van der Waals surface area contributed by atoms with Gasteiger partial charge in [0, 0.05) is 18.2 Å². The van der Waals surface area contributed by atoms with Crippen LogP contribution in [0.1, 0.15) is 36.6 Å². The summed E-state index contributed by atoms with van der Waals surface area (Å²) in [5, 5.41) is 8.48. The van der Waals surface area contributed by atoms with E-state index in [9.17, 15) is 25.6 Å². The van der Waals surface area contributed by atoms with Gasteiger partial charge in [-0.05, 0) is 56.5 Å². The summed E-state index contributed by atoms with van der Waals surface area (Å²) in [6.45, 7) is 1.87. The summed E-state index contributed by atoms with van der Waals surface area (Å²) in [5.41, 5.74) is 1.99. The Morgan fingerprint density at radius 1 is 0.949 bits per heavy atom. The highest BCUT2D eigenvalue weighted by Crippen LogP contribution is 2.36. The van der Waals surface area contributed by atoms with E-state index in [2.05, 4.69) is 19.9 Å². The van der Waals surface area contributed by atoms with Crippen LogP contribution < -0.4 is 4.72 Å². The first-order valence-corrected chi connectivity index (χ1v) is 15.0. The fourth-order valence-electron chi connectivity index (χ4n) is 5.08. The van der Waals surface area contributed by atoms with E-state index in [4.69, 9.17) is 0 Å². The highest BCUT2D eigenvalue weighted by Gasteiger charge is 2.34. The molecule has 5 aromatic rings. The van der Waals surface area contributed by atoms with Crippen LogP contribution >= 0.6 is 0 Å². The smallest absolute Gasteiger partial charge is 0.269 e. The van der Waals surface area contributed by atoms with E-state index >= 15 is 0 Å². The van der Waals surface area contributed by atoms with Gasteiger partial charge in [-0.1, -0.05) is 23.8 Å². The molecule has 2 aromatic carbocycles. The molecule has 1 saturated carbocycles. The standard InChI is InChI=1S/C25H22F2N6O4S2/c1-15-5-9-18(10-6-15)39(36,37)32-12-11-21-25(32)28-14-22-29-30-24(33(21)22)16-7-8-17(13-16)31-38(34,35)23-19(26)3-2-4-20(23)27/h2-6,9-12,14,16-17,31H,7-8,13H2,1H3/t16-,17+/m1/s1. The van der Waals surface area contributed by atoms with Gasteiger partial charge in [-0.3, -0.25) is 4.40 Å². The van der Waals surface area contributed by atoms with Gasteiger partial charge in [-0.2, -0.15) is 0 Å². The highest BCUT2D eigenvalue weighted by molar-refractivity contribution is 7.90. The largest absolute Gasteiger partial charge is 0.274 e. The molecule has 6 rings (SSSR count). The first-order valence-electron chi connectivity index (χ1n) is 12.1. The van der Waals surface area contributed by atoms with Crippen LogP contribution in [0.15, 0.2) is 70.7 Å². The van der Waals surface area contributed by atoms with Gasteiger partial charge < -0.3 is 0 Å². The lowest BCUT2D eigenvalue weighted by atomic mass is 10.1. The molecule has 1 N–H and O–H groups in total. The average Bonchev–Trinajstić information content (AvgIpc) is 3.61. The normalized spacial score (nSPS) is 18.3. The fraction of sp³-hybridized carbons (Fsp3) is 0.240. The zero-order valence-corrected chi connectivity index (χ0v) is 22.1. The van der Waals surface area contributed by atoms with Crippen LogP contribution in [0.4, 0.5) is 8.78 Å². The summed E-state index contributed by atoms with van der Waals surface area (Å²) in [6, 6.07) is 10.4. The van der Waals surface area contributed by atoms with E-state index in [0.717, 1.165) is 27.7 Å². The number of benzene rings is 2. The minimum atomic E-state index is -4.44. The fourth-order valence-corrected chi connectivity index (χ4v) is 7.79. The monoisotopic (exact) mass is 572 g/mol. The Morgan fingerprint density at radius 3 is 2.38 bits per heavy atom. The van der Waals surface area contributed by atoms with Gasteiger partial charge in [0.15, 0.2) is 16.2 Å². The number of fused-ring (bicyclic) bond motifs is 3. The SMILES string of the molecule is Cc1ccc(S(=O)(=O)n2ccc3c2ncc2nnc([C@@H]4CC[C@H](NS(=O)(=O)c5c(F)cccc5F)C4)n23)cc1. The number of nitrogens with one attached hydrogen (secondary N) is 1. The van der Waals surface area contributed by atoms with E-state index in [1.807, 2.05) is 6.92 Å². The molecule has 1 aliphatic carbocycles. The summed E-state index contributed by atoms with van der Waals surface area (Å²) < 4.78 is 85.7. The van der Waals surface area contributed by atoms with Crippen molar-refractivity contribution < 1.29 is 25.6 Å².